The van der Waals surface area contributed by atoms with E-state index in [2.05, 4.69) is 31.6 Å². The van der Waals surface area contributed by atoms with E-state index in [4.69, 9.17) is 4.42 Å². The van der Waals surface area contributed by atoms with E-state index >= 15 is 0 Å². The molecule has 26 heavy (non-hydrogen) atoms. The number of halogens is 2. The van der Waals surface area contributed by atoms with Crippen LogP contribution in [0.5, 0.6) is 0 Å². The second kappa shape index (κ2) is 10.5. The van der Waals surface area contributed by atoms with Crippen LogP contribution in [0.3, 0.4) is 0 Å². The van der Waals surface area contributed by atoms with Crippen molar-refractivity contribution < 1.29 is 9.21 Å². The summed E-state index contributed by atoms with van der Waals surface area (Å²) in [6.07, 6.45) is 6.32. The lowest BCUT2D eigenvalue weighted by Crippen LogP contribution is -2.45. The van der Waals surface area contributed by atoms with Crippen LogP contribution in [0, 0.1) is 5.92 Å². The molecule has 0 spiro atoms. The number of carbonyl (C=O) groups excluding carboxylic acids is 1. The first kappa shape index (κ1) is 21.5. The maximum Gasteiger partial charge on any atom is 0.225 e. The van der Waals surface area contributed by atoms with Crippen LogP contribution < -0.4 is 10.6 Å². The number of nitrogens with zero attached hydrogens (tertiary/aromatic N) is 2. The molecule has 1 amide bonds. The number of furan rings is 1. The van der Waals surface area contributed by atoms with Gasteiger partial charge in [0, 0.05) is 45.1 Å². The lowest BCUT2D eigenvalue weighted by molar-refractivity contribution is -0.134. The van der Waals surface area contributed by atoms with E-state index in [-0.39, 0.29) is 35.9 Å². The van der Waals surface area contributed by atoms with Crippen molar-refractivity contribution in [1.82, 2.24) is 15.5 Å². The molecule has 8 heteroatoms. The Bertz CT molecular complexity index is 616. The fourth-order valence-corrected chi connectivity index (χ4v) is 4.03. The first-order chi connectivity index (χ1) is 12.2. The summed E-state index contributed by atoms with van der Waals surface area (Å²) in [6.45, 7) is 2.38. The molecule has 1 aromatic rings. The van der Waals surface area contributed by atoms with E-state index in [1.165, 1.54) is 12.8 Å². The van der Waals surface area contributed by atoms with Crippen molar-refractivity contribution >= 4 is 51.8 Å². The van der Waals surface area contributed by atoms with Crippen molar-refractivity contribution in [3.05, 3.63) is 22.6 Å². The largest absolute Gasteiger partial charge is 0.454 e. The molecule has 2 aliphatic rings. The number of aliphatic imine (C=N–C) groups is 1. The third kappa shape index (κ3) is 5.87. The van der Waals surface area contributed by atoms with Gasteiger partial charge >= 0.3 is 0 Å². The zero-order valence-electron chi connectivity index (χ0n) is 15.2. The van der Waals surface area contributed by atoms with Crippen LogP contribution in [0.1, 0.15) is 37.9 Å². The van der Waals surface area contributed by atoms with Gasteiger partial charge < -0.3 is 20.0 Å². The van der Waals surface area contributed by atoms with Crippen LogP contribution in [0.2, 0.25) is 0 Å². The number of amides is 1. The third-order valence-corrected chi connectivity index (χ3v) is 5.49. The highest BCUT2D eigenvalue weighted by molar-refractivity contribution is 14.0. The van der Waals surface area contributed by atoms with Crippen molar-refractivity contribution in [3.8, 4) is 0 Å². The Kier molecular flexibility index (Phi) is 8.72. The van der Waals surface area contributed by atoms with Crippen LogP contribution in [-0.2, 0) is 11.2 Å². The Morgan fingerprint density at radius 3 is 2.77 bits per heavy atom. The minimum absolute atomic E-state index is 0. The summed E-state index contributed by atoms with van der Waals surface area (Å²) in [4.78, 5) is 18.8. The van der Waals surface area contributed by atoms with E-state index < -0.39 is 0 Å². The standard InChI is InChI=1S/C18H27BrN4O2.HI/c1-20-18(21-10-8-15-6-7-16(19)25-15)22-14-9-11-23(12-14)17(24)13-4-2-3-5-13;/h6-7,13-14H,2-5,8-12H2,1H3,(H2,20,21,22);1H. The van der Waals surface area contributed by atoms with Gasteiger partial charge in [-0.3, -0.25) is 9.79 Å². The van der Waals surface area contributed by atoms with Gasteiger partial charge in [0.2, 0.25) is 5.91 Å². The Morgan fingerprint density at radius 2 is 2.12 bits per heavy atom. The molecule has 1 atom stereocenters. The quantitative estimate of drug-likeness (QED) is 0.343. The van der Waals surface area contributed by atoms with Gasteiger partial charge in [0.25, 0.3) is 0 Å². The summed E-state index contributed by atoms with van der Waals surface area (Å²) >= 11 is 3.31. The monoisotopic (exact) mass is 538 g/mol. The minimum Gasteiger partial charge on any atom is -0.454 e. The summed E-state index contributed by atoms with van der Waals surface area (Å²) in [6, 6.07) is 4.14. The molecule has 1 unspecified atom stereocenters. The van der Waals surface area contributed by atoms with Crippen LogP contribution in [0.4, 0.5) is 0 Å². The van der Waals surface area contributed by atoms with Crippen molar-refractivity contribution in [3.63, 3.8) is 0 Å². The Morgan fingerprint density at radius 1 is 1.35 bits per heavy atom. The zero-order valence-corrected chi connectivity index (χ0v) is 19.1. The normalized spacial score (nSPS) is 20.9. The third-order valence-electron chi connectivity index (χ3n) is 5.06. The fourth-order valence-electron chi connectivity index (χ4n) is 3.69. The summed E-state index contributed by atoms with van der Waals surface area (Å²) in [7, 11) is 1.77. The Hall–Kier alpha value is -0.770. The smallest absolute Gasteiger partial charge is 0.225 e. The van der Waals surface area contributed by atoms with Gasteiger partial charge in [-0.2, -0.15) is 0 Å². The first-order valence-corrected chi connectivity index (χ1v) is 9.95. The molecule has 146 valence electrons. The topological polar surface area (TPSA) is 69.9 Å². The van der Waals surface area contributed by atoms with Crippen molar-refractivity contribution in [2.75, 3.05) is 26.7 Å². The van der Waals surface area contributed by atoms with E-state index in [1.807, 2.05) is 17.0 Å². The van der Waals surface area contributed by atoms with Gasteiger partial charge in [-0.05, 0) is 47.3 Å². The molecular formula is C18H28BrIN4O2. The number of hydrogen-bond acceptors (Lipinski definition) is 3. The van der Waals surface area contributed by atoms with Gasteiger partial charge in [0.15, 0.2) is 10.6 Å². The maximum atomic E-state index is 12.5. The zero-order chi connectivity index (χ0) is 17.6. The first-order valence-electron chi connectivity index (χ1n) is 9.16. The predicted octanol–water partition coefficient (Wildman–Crippen LogP) is 3.16. The van der Waals surface area contributed by atoms with Crippen LogP contribution in [0.25, 0.3) is 0 Å². The molecule has 0 aromatic carbocycles. The van der Waals surface area contributed by atoms with E-state index in [0.29, 0.717) is 5.91 Å². The lowest BCUT2D eigenvalue weighted by Gasteiger charge is -2.21. The summed E-state index contributed by atoms with van der Waals surface area (Å²) in [5.41, 5.74) is 0. The second-order valence-electron chi connectivity index (χ2n) is 6.85. The van der Waals surface area contributed by atoms with Crippen LogP contribution in [0.15, 0.2) is 26.2 Å². The number of guanidine groups is 1. The molecule has 0 radical (unpaired) electrons. The highest BCUT2D eigenvalue weighted by atomic mass is 127. The summed E-state index contributed by atoms with van der Waals surface area (Å²) < 4.78 is 6.25. The second-order valence-corrected chi connectivity index (χ2v) is 7.63. The molecule has 6 nitrogen and oxygen atoms in total. The predicted molar refractivity (Wildman–Crippen MR) is 117 cm³/mol. The molecule has 2 heterocycles. The van der Waals surface area contributed by atoms with Crippen LogP contribution in [-0.4, -0.2) is 49.5 Å². The number of carbonyl (C=O) groups is 1. The van der Waals surface area contributed by atoms with Crippen LogP contribution >= 0.6 is 39.9 Å². The maximum absolute atomic E-state index is 12.5. The van der Waals surface area contributed by atoms with Gasteiger partial charge in [-0.1, -0.05) is 12.8 Å². The average Bonchev–Trinajstić information content (AvgIpc) is 3.35. The molecule has 3 rings (SSSR count). The number of likely N-dealkylation sites (tertiary alicyclic amines) is 1. The van der Waals surface area contributed by atoms with Crippen molar-refractivity contribution in [1.29, 1.82) is 0 Å². The fraction of sp³-hybridized carbons (Fsp3) is 0.667. The van der Waals surface area contributed by atoms with Gasteiger partial charge in [0.05, 0.1) is 0 Å². The molecule has 1 saturated carbocycles. The van der Waals surface area contributed by atoms with Gasteiger partial charge in [-0.25, -0.2) is 0 Å². The minimum atomic E-state index is 0. The SMILES string of the molecule is CN=C(NCCc1ccc(Br)o1)NC1CCN(C(=O)C2CCCC2)C1.I. The molecular weight excluding hydrogens is 511 g/mol. The number of hydrogen-bond donors (Lipinski definition) is 2. The lowest BCUT2D eigenvalue weighted by atomic mass is 10.1. The summed E-state index contributed by atoms with van der Waals surface area (Å²) in [5.74, 6) is 2.34. The molecule has 1 aliphatic heterocycles. The molecule has 1 aliphatic carbocycles. The molecule has 2 fully saturated rings. The molecule has 1 aromatic heterocycles. The molecule has 1 saturated heterocycles. The van der Waals surface area contributed by atoms with E-state index in [9.17, 15) is 4.79 Å². The van der Waals surface area contributed by atoms with Crippen molar-refractivity contribution in [2.24, 2.45) is 10.9 Å². The molecule has 2 N–H and O–H groups in total. The van der Waals surface area contributed by atoms with E-state index in [1.54, 1.807) is 7.05 Å². The average molecular weight is 539 g/mol. The Labute approximate surface area is 180 Å². The number of nitrogens with one attached hydrogen (secondary N) is 2. The number of rotatable bonds is 5. The van der Waals surface area contributed by atoms with Crippen molar-refractivity contribution in [2.45, 2.75) is 44.6 Å². The molecule has 0 bridgehead atoms. The van der Waals surface area contributed by atoms with Gasteiger partial charge in [-0.15, -0.1) is 24.0 Å². The van der Waals surface area contributed by atoms with E-state index in [0.717, 1.165) is 61.7 Å². The van der Waals surface area contributed by atoms with Gasteiger partial charge in [0.1, 0.15) is 5.76 Å². The highest BCUT2D eigenvalue weighted by Gasteiger charge is 2.32. The Balaban J connectivity index is 0.00000243. The highest BCUT2D eigenvalue weighted by Crippen LogP contribution is 2.27. The summed E-state index contributed by atoms with van der Waals surface area (Å²) in [5, 5.41) is 6.75.